The molecule has 0 aliphatic carbocycles. The number of halogens is 1. The molecule has 0 saturated heterocycles. The molecule has 0 radical (unpaired) electrons. The van der Waals surface area contributed by atoms with Crippen LogP contribution in [0.25, 0.3) is 0 Å². The monoisotopic (exact) mass is 188 g/mol. The van der Waals surface area contributed by atoms with E-state index < -0.39 is 17.7 Å². The van der Waals surface area contributed by atoms with E-state index in [4.69, 9.17) is 16.9 Å². The van der Waals surface area contributed by atoms with E-state index in [0.29, 0.717) is 0 Å². The van der Waals surface area contributed by atoms with Crippen LogP contribution in [0, 0.1) is 17.2 Å². The molecule has 4 nitrogen and oxygen atoms in total. The quantitative estimate of drug-likeness (QED) is 0.653. The molecule has 0 aromatic carbocycles. The van der Waals surface area contributed by atoms with Gasteiger partial charge in [0.1, 0.15) is 5.92 Å². The molecule has 0 spiro atoms. The molecule has 1 atom stereocenters. The van der Waals surface area contributed by atoms with Crippen LogP contribution in [0.5, 0.6) is 0 Å². The largest absolute Gasteiger partial charge is 0.296 e. The Hall–Kier alpha value is -1.08. The zero-order valence-corrected chi connectivity index (χ0v) is 7.39. The first-order chi connectivity index (χ1) is 5.61. The predicted octanol–water partition coefficient (Wildman–Crippen LogP) is 0.418. The summed E-state index contributed by atoms with van der Waals surface area (Å²) in [5.74, 6) is -1.64. The molecule has 0 aliphatic heterocycles. The van der Waals surface area contributed by atoms with Gasteiger partial charge in [0.25, 0.3) is 0 Å². The highest BCUT2D eigenvalue weighted by Crippen LogP contribution is 2.02. The van der Waals surface area contributed by atoms with Crippen molar-refractivity contribution in [2.45, 2.75) is 13.3 Å². The molecule has 0 aliphatic rings. The van der Waals surface area contributed by atoms with Gasteiger partial charge in [-0.25, -0.2) is 0 Å². The molecule has 0 aromatic rings. The first-order valence-corrected chi connectivity index (χ1v) is 3.92. The van der Waals surface area contributed by atoms with Crippen molar-refractivity contribution in [3.8, 4) is 6.07 Å². The van der Waals surface area contributed by atoms with Gasteiger partial charge in [-0.15, -0.1) is 11.6 Å². The van der Waals surface area contributed by atoms with E-state index >= 15 is 0 Å². The summed E-state index contributed by atoms with van der Waals surface area (Å²) < 4.78 is 0. The fourth-order valence-electron chi connectivity index (χ4n) is 0.624. The minimum Gasteiger partial charge on any atom is -0.296 e. The first kappa shape index (κ1) is 10.9. The Labute approximate surface area is 75.5 Å². The molecule has 2 amide bonds. The van der Waals surface area contributed by atoms with Crippen molar-refractivity contribution < 1.29 is 9.59 Å². The smallest absolute Gasteiger partial charge is 0.243 e. The highest BCUT2D eigenvalue weighted by atomic mass is 35.5. The zero-order chi connectivity index (χ0) is 9.56. The summed E-state index contributed by atoms with van der Waals surface area (Å²) in [6.07, 6.45) is 0.261. The Morgan fingerprint density at radius 2 is 2.25 bits per heavy atom. The molecule has 0 rings (SSSR count). The molecule has 0 saturated carbocycles. The van der Waals surface area contributed by atoms with Gasteiger partial charge in [0.2, 0.25) is 11.8 Å². The normalized spacial score (nSPS) is 11.4. The summed E-state index contributed by atoms with van der Waals surface area (Å²) in [5, 5.41) is 10.5. The minimum atomic E-state index is -0.827. The number of nitriles is 1. The second-order valence-corrected chi connectivity index (χ2v) is 2.58. The third-order valence-corrected chi connectivity index (χ3v) is 1.39. The van der Waals surface area contributed by atoms with Crippen molar-refractivity contribution in [1.29, 1.82) is 5.26 Å². The average Bonchev–Trinajstić information content (AvgIpc) is 1.98. The maximum atomic E-state index is 11.0. The van der Waals surface area contributed by atoms with Crippen LogP contribution in [0.2, 0.25) is 0 Å². The van der Waals surface area contributed by atoms with Crippen molar-refractivity contribution >= 4 is 23.4 Å². The van der Waals surface area contributed by atoms with Crippen LogP contribution in [-0.2, 0) is 9.59 Å². The summed E-state index contributed by atoms with van der Waals surface area (Å²) in [6.45, 7) is 1.22. The van der Waals surface area contributed by atoms with Gasteiger partial charge in [-0.1, -0.05) is 0 Å². The second kappa shape index (κ2) is 5.56. The lowest BCUT2D eigenvalue weighted by atomic mass is 10.1. The lowest BCUT2D eigenvalue weighted by molar-refractivity contribution is -0.130. The van der Waals surface area contributed by atoms with Crippen molar-refractivity contribution in [2.24, 2.45) is 5.92 Å². The first-order valence-electron chi connectivity index (χ1n) is 3.38. The van der Waals surface area contributed by atoms with Crippen molar-refractivity contribution in [1.82, 2.24) is 5.32 Å². The van der Waals surface area contributed by atoms with Crippen LogP contribution >= 0.6 is 11.6 Å². The fourth-order valence-corrected chi connectivity index (χ4v) is 0.842. The molecular formula is C7H9ClN2O2. The molecule has 0 aromatic heterocycles. The summed E-state index contributed by atoms with van der Waals surface area (Å²) in [4.78, 5) is 21.4. The Morgan fingerprint density at radius 1 is 1.67 bits per heavy atom. The minimum absolute atomic E-state index is 0.226. The number of imide groups is 1. The Morgan fingerprint density at radius 3 is 2.58 bits per heavy atom. The Bertz CT molecular complexity index is 222. The highest BCUT2D eigenvalue weighted by Gasteiger charge is 2.17. The summed E-state index contributed by atoms with van der Waals surface area (Å²) in [7, 11) is 0. The molecule has 1 unspecified atom stereocenters. The summed E-state index contributed by atoms with van der Waals surface area (Å²) >= 11 is 5.34. The highest BCUT2D eigenvalue weighted by molar-refractivity contribution is 6.18. The third kappa shape index (κ3) is 3.94. The SMILES string of the molecule is CC(=O)NC(=O)C(C#N)CCCl. The van der Waals surface area contributed by atoms with E-state index in [1.54, 1.807) is 6.07 Å². The van der Waals surface area contributed by atoms with Gasteiger partial charge in [-0.05, 0) is 6.42 Å². The molecule has 0 fully saturated rings. The fraction of sp³-hybridized carbons (Fsp3) is 0.571. The standard InChI is InChI=1S/C7H9ClN2O2/c1-5(11)10-7(12)6(4-9)2-3-8/h6H,2-3H2,1H3,(H,10,11,12). The average molecular weight is 189 g/mol. The van der Waals surface area contributed by atoms with E-state index in [1.165, 1.54) is 6.92 Å². The Balaban J connectivity index is 4.05. The molecule has 0 heterocycles. The van der Waals surface area contributed by atoms with E-state index in [1.807, 2.05) is 5.32 Å². The number of hydrogen-bond donors (Lipinski definition) is 1. The molecule has 0 bridgehead atoms. The van der Waals surface area contributed by atoms with Gasteiger partial charge in [0.05, 0.1) is 6.07 Å². The lowest BCUT2D eigenvalue weighted by Gasteiger charge is -2.04. The van der Waals surface area contributed by atoms with Gasteiger partial charge in [-0.2, -0.15) is 5.26 Å². The topological polar surface area (TPSA) is 70.0 Å². The number of rotatable bonds is 3. The van der Waals surface area contributed by atoms with Crippen LogP contribution in [0.15, 0.2) is 0 Å². The Kier molecular flexibility index (Phi) is 5.06. The number of alkyl halides is 1. The number of carbonyl (C=O) groups excluding carboxylic acids is 2. The van der Waals surface area contributed by atoms with Crippen LogP contribution in [0.4, 0.5) is 0 Å². The summed E-state index contributed by atoms with van der Waals surface area (Å²) in [6, 6.07) is 1.76. The van der Waals surface area contributed by atoms with Gasteiger partial charge >= 0.3 is 0 Å². The van der Waals surface area contributed by atoms with Gasteiger partial charge in [0.15, 0.2) is 0 Å². The molecule has 5 heteroatoms. The van der Waals surface area contributed by atoms with Gasteiger partial charge < -0.3 is 0 Å². The maximum Gasteiger partial charge on any atom is 0.243 e. The van der Waals surface area contributed by atoms with Crippen LogP contribution in [-0.4, -0.2) is 17.7 Å². The molecule has 12 heavy (non-hydrogen) atoms. The lowest BCUT2D eigenvalue weighted by Crippen LogP contribution is -2.33. The summed E-state index contributed by atoms with van der Waals surface area (Å²) in [5.41, 5.74) is 0. The molecule has 66 valence electrons. The van der Waals surface area contributed by atoms with Crippen LogP contribution in [0.1, 0.15) is 13.3 Å². The van der Waals surface area contributed by atoms with E-state index in [9.17, 15) is 9.59 Å². The molecule has 1 N–H and O–H groups in total. The van der Waals surface area contributed by atoms with Crippen molar-refractivity contribution in [3.63, 3.8) is 0 Å². The number of amides is 2. The number of nitrogens with zero attached hydrogens (tertiary/aromatic N) is 1. The van der Waals surface area contributed by atoms with Crippen LogP contribution in [0.3, 0.4) is 0 Å². The van der Waals surface area contributed by atoms with E-state index in [-0.39, 0.29) is 12.3 Å². The van der Waals surface area contributed by atoms with Crippen molar-refractivity contribution in [2.75, 3.05) is 5.88 Å². The maximum absolute atomic E-state index is 11.0. The molecular weight excluding hydrogens is 180 g/mol. The van der Waals surface area contributed by atoms with Crippen LogP contribution < -0.4 is 5.32 Å². The second-order valence-electron chi connectivity index (χ2n) is 2.20. The predicted molar refractivity (Wildman–Crippen MR) is 43.3 cm³/mol. The number of hydrogen-bond acceptors (Lipinski definition) is 3. The van der Waals surface area contributed by atoms with Crippen molar-refractivity contribution in [3.05, 3.63) is 0 Å². The van der Waals surface area contributed by atoms with E-state index in [0.717, 1.165) is 0 Å². The third-order valence-electron chi connectivity index (χ3n) is 1.17. The van der Waals surface area contributed by atoms with Gasteiger partial charge in [-0.3, -0.25) is 14.9 Å². The van der Waals surface area contributed by atoms with Gasteiger partial charge in [0, 0.05) is 12.8 Å². The zero-order valence-electron chi connectivity index (χ0n) is 6.63. The van der Waals surface area contributed by atoms with E-state index in [2.05, 4.69) is 0 Å². The number of carbonyl (C=O) groups is 2. The number of nitrogens with one attached hydrogen (secondary N) is 1.